The molecule has 1 aliphatic heterocycles. The van der Waals surface area contributed by atoms with Gasteiger partial charge in [-0.25, -0.2) is 0 Å². The third-order valence-electron chi connectivity index (χ3n) is 4.47. The number of hydrogen-bond donors (Lipinski definition) is 1. The highest BCUT2D eigenvalue weighted by Crippen LogP contribution is 2.35. The van der Waals surface area contributed by atoms with Crippen molar-refractivity contribution in [3.63, 3.8) is 0 Å². The van der Waals surface area contributed by atoms with Crippen LogP contribution >= 0.6 is 11.3 Å². The van der Waals surface area contributed by atoms with Crippen LogP contribution in [0.3, 0.4) is 0 Å². The monoisotopic (exact) mass is 399 g/mol. The maximum absolute atomic E-state index is 13.3. The van der Waals surface area contributed by atoms with Crippen LogP contribution in [-0.2, 0) is 17.5 Å². The largest absolute Gasteiger partial charge is 0.431 e. The molecule has 1 fully saturated rings. The quantitative estimate of drug-likeness (QED) is 0.857. The number of alkyl halides is 3. The van der Waals surface area contributed by atoms with Crippen molar-refractivity contribution in [3.8, 4) is 0 Å². The number of hydrogen-bond acceptors (Lipinski definition) is 4. The zero-order valence-electron chi connectivity index (χ0n) is 14.0. The second-order valence-corrected chi connectivity index (χ2v) is 7.13. The lowest BCUT2D eigenvalue weighted by Crippen LogP contribution is -2.40. The van der Waals surface area contributed by atoms with Crippen LogP contribution in [0.2, 0.25) is 0 Å². The van der Waals surface area contributed by atoms with Gasteiger partial charge in [0.1, 0.15) is 17.8 Å². The van der Waals surface area contributed by atoms with Gasteiger partial charge in [-0.05, 0) is 36.4 Å². The Kier molecular flexibility index (Phi) is 5.09. The van der Waals surface area contributed by atoms with Crippen molar-refractivity contribution in [1.29, 1.82) is 0 Å². The van der Waals surface area contributed by atoms with Crippen LogP contribution in [0, 0.1) is 0 Å². The number of likely N-dealkylation sites (tertiary alicyclic amines) is 1. The van der Waals surface area contributed by atoms with E-state index in [1.807, 2.05) is 17.5 Å². The fourth-order valence-electron chi connectivity index (χ4n) is 3.24. The van der Waals surface area contributed by atoms with Crippen molar-refractivity contribution in [2.45, 2.75) is 31.6 Å². The topological polar surface area (TPSA) is 85.4 Å². The Balaban J connectivity index is 1.96. The summed E-state index contributed by atoms with van der Waals surface area (Å²) < 4.78 is 40.2. The fraction of sp³-hybridized carbons (Fsp3) is 0.353. The molecule has 2 aromatic rings. The summed E-state index contributed by atoms with van der Waals surface area (Å²) in [7, 11) is 0. The zero-order chi connectivity index (χ0) is 19.8. The number of nitrogens with two attached hydrogens (primary N) is 1. The van der Waals surface area contributed by atoms with Crippen molar-refractivity contribution < 1.29 is 22.8 Å². The molecule has 2 aromatic heterocycles. The Morgan fingerprint density at radius 2 is 2.00 bits per heavy atom. The van der Waals surface area contributed by atoms with Gasteiger partial charge in [-0.1, -0.05) is 6.07 Å². The molecule has 2 N–H and O–H groups in total. The molecule has 0 saturated carbocycles. The van der Waals surface area contributed by atoms with E-state index in [-0.39, 0.29) is 10.6 Å². The van der Waals surface area contributed by atoms with E-state index in [0.717, 1.165) is 17.4 Å². The summed E-state index contributed by atoms with van der Waals surface area (Å²) in [5, 5.41) is 1.86. The van der Waals surface area contributed by atoms with Gasteiger partial charge in [0.05, 0.1) is 6.04 Å². The third-order valence-corrected chi connectivity index (χ3v) is 5.44. The third kappa shape index (κ3) is 3.75. The van der Waals surface area contributed by atoms with Crippen LogP contribution in [-0.4, -0.2) is 27.8 Å². The number of carbonyl (C=O) groups excluding carboxylic acids is 2. The molecule has 10 heteroatoms. The predicted molar refractivity (Wildman–Crippen MR) is 92.2 cm³/mol. The maximum Gasteiger partial charge on any atom is 0.431 e. The molecule has 6 nitrogen and oxygen atoms in total. The molecule has 0 aliphatic carbocycles. The van der Waals surface area contributed by atoms with Gasteiger partial charge in [-0.3, -0.25) is 19.0 Å². The SMILES string of the molecule is NC(=O)c1ccc(C(F)(F)F)n(CC(=O)N2CCCC2c2cccs2)c1=O. The Labute approximate surface area is 156 Å². The van der Waals surface area contributed by atoms with E-state index in [4.69, 9.17) is 5.73 Å². The molecule has 0 spiro atoms. The smallest absolute Gasteiger partial charge is 0.365 e. The number of rotatable bonds is 4. The highest BCUT2D eigenvalue weighted by molar-refractivity contribution is 7.10. The molecule has 2 amide bonds. The first-order valence-corrected chi connectivity index (χ1v) is 9.02. The second kappa shape index (κ2) is 7.18. The maximum atomic E-state index is 13.3. The standard InChI is InChI=1S/C17H16F3N3O3S/c18-17(19,20)13-6-5-10(15(21)25)16(26)23(13)9-14(24)22-7-1-3-11(22)12-4-2-8-27-12/h2,4-6,8,11H,1,3,7,9H2,(H2,21,25). The highest BCUT2D eigenvalue weighted by Gasteiger charge is 2.37. The molecule has 27 heavy (non-hydrogen) atoms. The minimum atomic E-state index is -4.85. The van der Waals surface area contributed by atoms with Crippen LogP contribution in [0.15, 0.2) is 34.4 Å². The zero-order valence-corrected chi connectivity index (χ0v) is 14.8. The van der Waals surface area contributed by atoms with Gasteiger partial charge < -0.3 is 10.6 Å². The van der Waals surface area contributed by atoms with Crippen LogP contribution in [0.5, 0.6) is 0 Å². The normalized spacial score (nSPS) is 17.3. The van der Waals surface area contributed by atoms with E-state index in [1.54, 1.807) is 0 Å². The number of aromatic nitrogens is 1. The molecular weight excluding hydrogens is 383 g/mol. The van der Waals surface area contributed by atoms with E-state index >= 15 is 0 Å². The van der Waals surface area contributed by atoms with Gasteiger partial charge in [0, 0.05) is 11.4 Å². The van der Waals surface area contributed by atoms with Crippen molar-refractivity contribution in [2.24, 2.45) is 5.73 Å². The lowest BCUT2D eigenvalue weighted by molar-refractivity contribution is -0.145. The summed E-state index contributed by atoms with van der Waals surface area (Å²) in [6.07, 6.45) is -3.43. The summed E-state index contributed by atoms with van der Waals surface area (Å²) in [5.74, 6) is -1.76. The summed E-state index contributed by atoms with van der Waals surface area (Å²) in [4.78, 5) is 38.8. The number of amides is 2. The number of halogens is 3. The molecule has 1 aliphatic rings. The van der Waals surface area contributed by atoms with Gasteiger partial charge in [0.25, 0.3) is 11.5 Å². The van der Waals surface area contributed by atoms with E-state index in [0.29, 0.717) is 19.0 Å². The number of thiophene rings is 1. The van der Waals surface area contributed by atoms with Crippen LogP contribution < -0.4 is 11.3 Å². The Hall–Kier alpha value is -2.62. The molecule has 0 aromatic carbocycles. The van der Waals surface area contributed by atoms with Gasteiger partial charge in [-0.15, -0.1) is 11.3 Å². The molecule has 3 heterocycles. The molecule has 0 bridgehead atoms. The highest BCUT2D eigenvalue weighted by atomic mass is 32.1. The van der Waals surface area contributed by atoms with Gasteiger partial charge in [0.2, 0.25) is 5.91 Å². The van der Waals surface area contributed by atoms with E-state index < -0.39 is 41.4 Å². The number of carbonyl (C=O) groups is 2. The molecule has 1 saturated heterocycles. The number of pyridine rings is 1. The van der Waals surface area contributed by atoms with Crippen LogP contribution in [0.4, 0.5) is 13.2 Å². The molecule has 0 radical (unpaired) electrons. The summed E-state index contributed by atoms with van der Waals surface area (Å²) in [5.41, 5.74) is 1.95. The lowest BCUT2D eigenvalue weighted by atomic mass is 10.2. The molecular formula is C17H16F3N3O3S. The predicted octanol–water partition coefficient (Wildman–Crippen LogP) is 2.39. The van der Waals surface area contributed by atoms with E-state index in [9.17, 15) is 27.6 Å². The van der Waals surface area contributed by atoms with Crippen molar-refractivity contribution in [2.75, 3.05) is 6.54 Å². The average Bonchev–Trinajstić information content (AvgIpc) is 3.25. The second-order valence-electron chi connectivity index (χ2n) is 6.15. The minimum absolute atomic E-state index is 0.220. The van der Waals surface area contributed by atoms with Gasteiger partial charge in [-0.2, -0.15) is 13.2 Å². The number of nitrogens with zero attached hydrogens (tertiary/aromatic N) is 2. The van der Waals surface area contributed by atoms with E-state index in [2.05, 4.69) is 0 Å². The van der Waals surface area contributed by atoms with Crippen LogP contribution in [0.25, 0.3) is 0 Å². The summed E-state index contributed by atoms with van der Waals surface area (Å²) in [6.45, 7) is -0.413. The Morgan fingerprint density at radius 3 is 2.59 bits per heavy atom. The first-order chi connectivity index (χ1) is 12.7. The van der Waals surface area contributed by atoms with Gasteiger partial charge >= 0.3 is 6.18 Å². The fourth-order valence-corrected chi connectivity index (χ4v) is 4.11. The van der Waals surface area contributed by atoms with Crippen molar-refractivity contribution in [3.05, 3.63) is 56.1 Å². The Bertz CT molecular complexity index is 922. The first kappa shape index (κ1) is 19.2. The average molecular weight is 399 g/mol. The summed E-state index contributed by atoms with van der Waals surface area (Å²) in [6, 6.07) is 4.81. The molecule has 144 valence electrons. The molecule has 1 unspecified atom stereocenters. The van der Waals surface area contributed by atoms with Gasteiger partial charge in [0.15, 0.2) is 0 Å². The van der Waals surface area contributed by atoms with E-state index in [1.165, 1.54) is 16.2 Å². The summed E-state index contributed by atoms with van der Waals surface area (Å²) >= 11 is 1.46. The minimum Gasteiger partial charge on any atom is -0.365 e. The molecule has 3 rings (SSSR count). The van der Waals surface area contributed by atoms with Crippen molar-refractivity contribution in [1.82, 2.24) is 9.47 Å². The first-order valence-electron chi connectivity index (χ1n) is 8.14. The lowest BCUT2D eigenvalue weighted by Gasteiger charge is -2.25. The van der Waals surface area contributed by atoms with Crippen molar-refractivity contribution >= 4 is 23.2 Å². The Morgan fingerprint density at radius 1 is 1.26 bits per heavy atom. The number of primary amides is 1. The van der Waals surface area contributed by atoms with Crippen LogP contribution in [0.1, 0.15) is 39.8 Å². The molecule has 1 atom stereocenters.